The van der Waals surface area contributed by atoms with E-state index in [0.29, 0.717) is 34.8 Å². The number of benzene rings is 1. The van der Waals surface area contributed by atoms with Gasteiger partial charge >= 0.3 is 0 Å². The number of nitrogens with zero attached hydrogens (tertiary/aromatic N) is 4. The van der Waals surface area contributed by atoms with Crippen LogP contribution in [0.2, 0.25) is 10.0 Å². The normalized spacial score (nSPS) is 14.5. The van der Waals surface area contributed by atoms with Crippen LogP contribution in [-0.4, -0.2) is 47.0 Å². The van der Waals surface area contributed by atoms with Crippen LogP contribution in [0.5, 0.6) is 5.75 Å². The number of amides is 1. The number of aromatic nitrogens is 2. The summed E-state index contributed by atoms with van der Waals surface area (Å²) in [6.45, 7) is 4.63. The Morgan fingerprint density at radius 1 is 1.12 bits per heavy atom. The Morgan fingerprint density at radius 3 is 2.28 bits per heavy atom. The lowest BCUT2D eigenvalue weighted by molar-refractivity contribution is -0.129. The van der Waals surface area contributed by atoms with E-state index in [1.54, 1.807) is 37.5 Å². The minimum atomic E-state index is 0.0996. The van der Waals surface area contributed by atoms with Crippen molar-refractivity contribution in [2.75, 3.05) is 31.1 Å². The van der Waals surface area contributed by atoms with E-state index in [1.165, 1.54) is 0 Å². The molecule has 132 valence electrons. The lowest BCUT2D eigenvalue weighted by atomic mass is 10.2. The number of ether oxygens (including phenoxy) is 1. The summed E-state index contributed by atoms with van der Waals surface area (Å²) in [6, 6.07) is 5.33. The quantitative estimate of drug-likeness (QED) is 0.815. The van der Waals surface area contributed by atoms with E-state index in [4.69, 9.17) is 27.9 Å². The molecule has 25 heavy (non-hydrogen) atoms. The molecule has 1 aromatic heterocycles. The maximum absolute atomic E-state index is 11.4. The van der Waals surface area contributed by atoms with Gasteiger partial charge in [0, 0.05) is 48.7 Å². The topological polar surface area (TPSA) is 58.6 Å². The number of rotatable bonds is 4. The Labute approximate surface area is 156 Å². The third-order valence-electron chi connectivity index (χ3n) is 4.07. The predicted octanol–water partition coefficient (Wildman–Crippen LogP) is 3.03. The Morgan fingerprint density at radius 2 is 1.72 bits per heavy atom. The molecule has 0 bridgehead atoms. The predicted molar refractivity (Wildman–Crippen MR) is 97.3 cm³/mol. The Bertz CT molecular complexity index is 727. The van der Waals surface area contributed by atoms with Gasteiger partial charge in [0.05, 0.1) is 12.4 Å². The monoisotopic (exact) mass is 380 g/mol. The minimum Gasteiger partial charge on any atom is -0.486 e. The molecule has 6 nitrogen and oxygen atoms in total. The van der Waals surface area contributed by atoms with Gasteiger partial charge in [0.15, 0.2) is 5.75 Å². The molecule has 1 saturated heterocycles. The van der Waals surface area contributed by atoms with Crippen molar-refractivity contribution >= 4 is 35.1 Å². The van der Waals surface area contributed by atoms with Crippen molar-refractivity contribution in [3.8, 4) is 5.75 Å². The fourth-order valence-electron chi connectivity index (χ4n) is 2.59. The van der Waals surface area contributed by atoms with Crippen LogP contribution in [0.4, 0.5) is 5.95 Å². The maximum atomic E-state index is 11.4. The zero-order valence-electron chi connectivity index (χ0n) is 13.8. The molecule has 0 saturated carbocycles. The van der Waals surface area contributed by atoms with E-state index in [-0.39, 0.29) is 12.5 Å². The van der Waals surface area contributed by atoms with Gasteiger partial charge in [-0.2, -0.15) is 0 Å². The van der Waals surface area contributed by atoms with E-state index < -0.39 is 0 Å². The van der Waals surface area contributed by atoms with Gasteiger partial charge in [-0.1, -0.05) is 29.3 Å². The van der Waals surface area contributed by atoms with E-state index in [1.807, 2.05) is 9.80 Å². The second-order valence-electron chi connectivity index (χ2n) is 5.70. The average Bonchev–Trinajstić information content (AvgIpc) is 2.62. The summed E-state index contributed by atoms with van der Waals surface area (Å²) in [5, 5.41) is 1.13. The van der Waals surface area contributed by atoms with Gasteiger partial charge < -0.3 is 14.5 Å². The highest BCUT2D eigenvalue weighted by molar-refractivity contribution is 6.35. The van der Waals surface area contributed by atoms with Crippen LogP contribution in [0.3, 0.4) is 0 Å². The Balaban J connectivity index is 1.59. The molecule has 0 aliphatic carbocycles. The standard InChI is InChI=1S/C17H18Cl2N4O2/c1-12(24)22-5-7-23(8-6-22)17-20-9-13(10-21-17)25-11-14-15(18)3-2-4-16(14)19/h2-4,9-10H,5-8,11H2,1H3. The maximum Gasteiger partial charge on any atom is 0.225 e. The second kappa shape index (κ2) is 7.89. The van der Waals surface area contributed by atoms with Gasteiger partial charge in [-0.15, -0.1) is 0 Å². The summed E-state index contributed by atoms with van der Waals surface area (Å²) < 4.78 is 5.68. The molecule has 0 radical (unpaired) electrons. The molecule has 8 heteroatoms. The molecule has 0 unspecified atom stereocenters. The summed E-state index contributed by atoms with van der Waals surface area (Å²) in [7, 11) is 0. The molecule has 1 fully saturated rings. The van der Waals surface area contributed by atoms with E-state index >= 15 is 0 Å². The molecule has 1 aliphatic heterocycles. The van der Waals surface area contributed by atoms with Crippen molar-refractivity contribution in [1.82, 2.24) is 14.9 Å². The van der Waals surface area contributed by atoms with Crippen LogP contribution < -0.4 is 9.64 Å². The largest absolute Gasteiger partial charge is 0.486 e. The van der Waals surface area contributed by atoms with Crippen LogP contribution >= 0.6 is 23.2 Å². The van der Waals surface area contributed by atoms with Crippen molar-refractivity contribution in [2.45, 2.75) is 13.5 Å². The Hall–Kier alpha value is -2.05. The van der Waals surface area contributed by atoms with Crippen molar-refractivity contribution in [1.29, 1.82) is 0 Å². The van der Waals surface area contributed by atoms with Crippen molar-refractivity contribution in [3.05, 3.63) is 46.2 Å². The molecule has 1 aromatic carbocycles. The van der Waals surface area contributed by atoms with Crippen LogP contribution in [-0.2, 0) is 11.4 Å². The number of halogens is 2. The van der Waals surface area contributed by atoms with Gasteiger partial charge in [-0.25, -0.2) is 9.97 Å². The first kappa shape index (κ1) is 17.8. The highest BCUT2D eigenvalue weighted by Crippen LogP contribution is 2.25. The SMILES string of the molecule is CC(=O)N1CCN(c2ncc(OCc3c(Cl)cccc3Cl)cn2)CC1. The van der Waals surface area contributed by atoms with E-state index in [9.17, 15) is 4.79 Å². The van der Waals surface area contributed by atoms with Crippen molar-refractivity contribution in [2.24, 2.45) is 0 Å². The first-order valence-corrected chi connectivity index (χ1v) is 8.68. The zero-order chi connectivity index (χ0) is 17.8. The highest BCUT2D eigenvalue weighted by Gasteiger charge is 2.20. The number of hydrogen-bond acceptors (Lipinski definition) is 5. The molecule has 3 rings (SSSR count). The molecular weight excluding hydrogens is 363 g/mol. The third kappa shape index (κ3) is 4.32. The van der Waals surface area contributed by atoms with Gasteiger partial charge in [0.2, 0.25) is 11.9 Å². The van der Waals surface area contributed by atoms with E-state index in [2.05, 4.69) is 9.97 Å². The van der Waals surface area contributed by atoms with Gasteiger partial charge in [-0.3, -0.25) is 4.79 Å². The van der Waals surface area contributed by atoms with Crippen LogP contribution in [0.25, 0.3) is 0 Å². The number of hydrogen-bond donors (Lipinski definition) is 0. The lowest BCUT2D eigenvalue weighted by Gasteiger charge is -2.34. The first-order valence-electron chi connectivity index (χ1n) is 7.93. The van der Waals surface area contributed by atoms with Crippen LogP contribution in [0, 0.1) is 0 Å². The van der Waals surface area contributed by atoms with Crippen LogP contribution in [0.1, 0.15) is 12.5 Å². The van der Waals surface area contributed by atoms with E-state index in [0.717, 1.165) is 18.7 Å². The molecule has 0 atom stereocenters. The summed E-state index contributed by atoms with van der Waals surface area (Å²) in [4.78, 5) is 23.9. The third-order valence-corrected chi connectivity index (χ3v) is 4.78. The number of piperazine rings is 1. The second-order valence-corrected chi connectivity index (χ2v) is 6.52. The summed E-state index contributed by atoms with van der Waals surface area (Å²) in [5.74, 6) is 1.27. The summed E-state index contributed by atoms with van der Waals surface area (Å²) >= 11 is 12.3. The van der Waals surface area contributed by atoms with Crippen molar-refractivity contribution < 1.29 is 9.53 Å². The molecule has 2 aromatic rings. The number of anilines is 1. The summed E-state index contributed by atoms with van der Waals surface area (Å²) in [5.41, 5.74) is 0.732. The zero-order valence-corrected chi connectivity index (χ0v) is 15.3. The fraction of sp³-hybridized carbons (Fsp3) is 0.353. The van der Waals surface area contributed by atoms with Crippen LogP contribution in [0.15, 0.2) is 30.6 Å². The lowest BCUT2D eigenvalue weighted by Crippen LogP contribution is -2.48. The average molecular weight is 381 g/mol. The molecular formula is C17H18Cl2N4O2. The molecule has 1 aliphatic rings. The number of carbonyl (C=O) groups is 1. The molecule has 0 spiro atoms. The fourth-order valence-corrected chi connectivity index (χ4v) is 3.10. The first-order chi connectivity index (χ1) is 12.0. The summed E-state index contributed by atoms with van der Waals surface area (Å²) in [6.07, 6.45) is 3.26. The van der Waals surface area contributed by atoms with Gasteiger partial charge in [-0.05, 0) is 12.1 Å². The molecule has 2 heterocycles. The van der Waals surface area contributed by atoms with Crippen molar-refractivity contribution in [3.63, 3.8) is 0 Å². The van der Waals surface area contributed by atoms with Gasteiger partial charge in [0.25, 0.3) is 0 Å². The highest BCUT2D eigenvalue weighted by atomic mass is 35.5. The smallest absolute Gasteiger partial charge is 0.225 e. The number of carbonyl (C=O) groups excluding carboxylic acids is 1. The molecule has 1 amide bonds. The minimum absolute atomic E-state index is 0.0996. The Kier molecular flexibility index (Phi) is 5.60. The van der Waals surface area contributed by atoms with Gasteiger partial charge in [0.1, 0.15) is 6.61 Å². The molecule has 0 N–H and O–H groups in total.